The fourth-order valence-corrected chi connectivity index (χ4v) is 2.92. The van der Waals surface area contributed by atoms with Gasteiger partial charge in [-0.1, -0.05) is 11.6 Å². The molecular weight excluding hydrogens is 409 g/mol. The number of amides is 1. The minimum Gasteiger partial charge on any atom is -0.379 e. The lowest BCUT2D eigenvalue weighted by molar-refractivity contribution is 0.100. The number of aromatic nitrogens is 1. The van der Waals surface area contributed by atoms with Crippen LogP contribution >= 0.6 is 43.5 Å². The molecule has 2 aromatic rings. The van der Waals surface area contributed by atoms with Crippen LogP contribution in [0.1, 0.15) is 16.1 Å². The number of nitrogens with one attached hydrogen (secondary N) is 1. The van der Waals surface area contributed by atoms with Gasteiger partial charge in [-0.3, -0.25) is 9.78 Å². The lowest BCUT2D eigenvalue weighted by Gasteiger charge is -2.09. The van der Waals surface area contributed by atoms with Gasteiger partial charge in [0, 0.05) is 20.8 Å². The van der Waals surface area contributed by atoms with Gasteiger partial charge in [-0.2, -0.15) is 0 Å². The summed E-state index contributed by atoms with van der Waals surface area (Å²) in [6.45, 7) is 0.508. The average molecular weight is 420 g/mol. The molecule has 4 nitrogen and oxygen atoms in total. The number of nitrogens with zero attached hydrogens (tertiary/aromatic N) is 1. The zero-order valence-corrected chi connectivity index (χ0v) is 14.1. The van der Waals surface area contributed by atoms with E-state index in [1.807, 2.05) is 6.07 Å². The quantitative estimate of drug-likeness (QED) is 0.788. The second-order valence-electron chi connectivity index (χ2n) is 3.99. The third kappa shape index (κ3) is 3.71. The van der Waals surface area contributed by atoms with Crippen molar-refractivity contribution in [3.05, 3.63) is 55.7 Å². The Morgan fingerprint density at radius 2 is 2.10 bits per heavy atom. The summed E-state index contributed by atoms with van der Waals surface area (Å²) in [6, 6.07) is 6.95. The molecule has 0 saturated carbocycles. The molecule has 7 heteroatoms. The van der Waals surface area contributed by atoms with Crippen LogP contribution in [0.5, 0.6) is 0 Å². The van der Waals surface area contributed by atoms with Crippen molar-refractivity contribution < 1.29 is 4.79 Å². The van der Waals surface area contributed by atoms with Crippen LogP contribution in [0, 0.1) is 0 Å². The van der Waals surface area contributed by atoms with E-state index in [-0.39, 0.29) is 0 Å². The first-order valence-corrected chi connectivity index (χ1v) is 7.57. The first-order valence-electron chi connectivity index (χ1n) is 5.60. The Kier molecular flexibility index (Phi) is 5.01. The molecule has 0 saturated heterocycles. The maximum atomic E-state index is 11.2. The highest BCUT2D eigenvalue weighted by molar-refractivity contribution is 9.11. The van der Waals surface area contributed by atoms with Gasteiger partial charge in [0.15, 0.2) is 0 Å². The Morgan fingerprint density at radius 1 is 1.35 bits per heavy atom. The van der Waals surface area contributed by atoms with Gasteiger partial charge in [0.05, 0.1) is 22.8 Å². The Hall–Kier alpha value is -1.11. The maximum absolute atomic E-state index is 11.2. The number of carbonyl (C=O) groups is 1. The number of carbonyl (C=O) groups excluding carboxylic acids is 1. The molecule has 0 radical (unpaired) electrons. The summed E-state index contributed by atoms with van der Waals surface area (Å²) in [6.07, 6.45) is 1.72. The molecule has 104 valence electrons. The molecule has 0 aliphatic rings. The van der Waals surface area contributed by atoms with E-state index >= 15 is 0 Å². The van der Waals surface area contributed by atoms with Crippen molar-refractivity contribution >= 4 is 55.1 Å². The Bertz CT molecular complexity index is 664. The monoisotopic (exact) mass is 417 g/mol. The summed E-state index contributed by atoms with van der Waals surface area (Å²) < 4.78 is 1.79. The van der Waals surface area contributed by atoms with E-state index in [9.17, 15) is 4.79 Å². The molecule has 0 fully saturated rings. The topological polar surface area (TPSA) is 68.0 Å². The van der Waals surface area contributed by atoms with E-state index in [2.05, 4.69) is 42.2 Å². The molecule has 0 spiro atoms. The predicted octanol–water partition coefficient (Wildman–Crippen LogP) is 3.97. The molecule has 3 N–H and O–H groups in total. The standard InChI is InChI=1S/C13H10Br2ClN3O/c14-7-3-10(15)12(19-5-7)6-18-8-1-2-11(16)9(4-8)13(17)20/h1-5,18H,6H2,(H2,17,20). The molecule has 0 aliphatic heterocycles. The first kappa shape index (κ1) is 15.3. The van der Waals surface area contributed by atoms with Crippen molar-refractivity contribution in [2.24, 2.45) is 5.73 Å². The van der Waals surface area contributed by atoms with Gasteiger partial charge >= 0.3 is 0 Å². The molecule has 0 atom stereocenters. The lowest BCUT2D eigenvalue weighted by Crippen LogP contribution is -2.12. The molecule has 0 bridgehead atoms. The molecule has 1 heterocycles. The molecule has 20 heavy (non-hydrogen) atoms. The van der Waals surface area contributed by atoms with Gasteiger partial charge < -0.3 is 11.1 Å². The van der Waals surface area contributed by atoms with Crippen molar-refractivity contribution in [2.75, 3.05) is 5.32 Å². The molecule has 0 unspecified atom stereocenters. The highest BCUT2D eigenvalue weighted by Crippen LogP contribution is 2.23. The number of pyridine rings is 1. The van der Waals surface area contributed by atoms with E-state index in [0.29, 0.717) is 17.1 Å². The zero-order chi connectivity index (χ0) is 14.7. The van der Waals surface area contributed by atoms with Crippen LogP contribution in [0.4, 0.5) is 5.69 Å². The van der Waals surface area contributed by atoms with Crippen molar-refractivity contribution in [3.8, 4) is 0 Å². The molecule has 0 aliphatic carbocycles. The van der Waals surface area contributed by atoms with Gasteiger partial charge in [-0.25, -0.2) is 0 Å². The molecule has 2 rings (SSSR count). The summed E-state index contributed by atoms with van der Waals surface area (Å²) >= 11 is 12.7. The van der Waals surface area contributed by atoms with Crippen molar-refractivity contribution in [1.82, 2.24) is 4.98 Å². The minimum atomic E-state index is -0.554. The van der Waals surface area contributed by atoms with E-state index in [4.69, 9.17) is 17.3 Å². The largest absolute Gasteiger partial charge is 0.379 e. The predicted molar refractivity (Wildman–Crippen MR) is 86.9 cm³/mol. The second kappa shape index (κ2) is 6.56. The van der Waals surface area contributed by atoms with E-state index in [0.717, 1.165) is 20.3 Å². The molecular formula is C13H10Br2ClN3O. The number of rotatable bonds is 4. The van der Waals surface area contributed by atoms with Crippen LogP contribution in [-0.4, -0.2) is 10.9 Å². The second-order valence-corrected chi connectivity index (χ2v) is 6.17. The van der Waals surface area contributed by atoms with Crippen molar-refractivity contribution in [1.29, 1.82) is 0 Å². The molecule has 1 aromatic carbocycles. The van der Waals surface area contributed by atoms with E-state index < -0.39 is 5.91 Å². The van der Waals surface area contributed by atoms with Crippen LogP contribution in [0.3, 0.4) is 0 Å². The minimum absolute atomic E-state index is 0.291. The number of primary amides is 1. The number of hydrogen-bond acceptors (Lipinski definition) is 3. The zero-order valence-electron chi connectivity index (χ0n) is 10.2. The third-order valence-electron chi connectivity index (χ3n) is 2.58. The summed E-state index contributed by atoms with van der Waals surface area (Å²) in [7, 11) is 0. The van der Waals surface area contributed by atoms with Gasteiger partial charge in [0.1, 0.15) is 0 Å². The summed E-state index contributed by atoms with van der Waals surface area (Å²) in [4.78, 5) is 15.5. The van der Waals surface area contributed by atoms with Gasteiger partial charge in [0.2, 0.25) is 5.91 Å². The highest BCUT2D eigenvalue weighted by atomic mass is 79.9. The first-order chi connectivity index (χ1) is 9.47. The van der Waals surface area contributed by atoms with Crippen molar-refractivity contribution in [2.45, 2.75) is 6.54 Å². The van der Waals surface area contributed by atoms with Crippen LogP contribution < -0.4 is 11.1 Å². The smallest absolute Gasteiger partial charge is 0.250 e. The highest BCUT2D eigenvalue weighted by Gasteiger charge is 2.08. The Morgan fingerprint density at radius 3 is 2.75 bits per heavy atom. The molecule has 1 aromatic heterocycles. The van der Waals surface area contributed by atoms with Gasteiger partial charge in [0.25, 0.3) is 0 Å². The Labute approximate surface area is 138 Å². The maximum Gasteiger partial charge on any atom is 0.250 e. The SMILES string of the molecule is NC(=O)c1cc(NCc2ncc(Br)cc2Br)ccc1Cl. The summed E-state index contributed by atoms with van der Waals surface area (Å²) in [5.41, 5.74) is 7.15. The third-order valence-corrected chi connectivity index (χ3v) is 4.03. The number of anilines is 1. The van der Waals surface area contributed by atoms with Crippen LogP contribution in [-0.2, 0) is 6.54 Å². The van der Waals surface area contributed by atoms with Gasteiger partial charge in [-0.15, -0.1) is 0 Å². The number of benzene rings is 1. The number of nitrogens with two attached hydrogens (primary N) is 1. The molecule has 1 amide bonds. The van der Waals surface area contributed by atoms with Crippen LogP contribution in [0.15, 0.2) is 39.4 Å². The average Bonchev–Trinajstić information content (AvgIpc) is 2.39. The van der Waals surface area contributed by atoms with Crippen LogP contribution in [0.25, 0.3) is 0 Å². The van der Waals surface area contributed by atoms with E-state index in [1.165, 1.54) is 0 Å². The van der Waals surface area contributed by atoms with Gasteiger partial charge in [-0.05, 0) is 56.1 Å². The summed E-state index contributed by atoms with van der Waals surface area (Å²) in [5, 5.41) is 3.51. The fourth-order valence-electron chi connectivity index (χ4n) is 1.58. The normalized spacial score (nSPS) is 10.3. The fraction of sp³-hybridized carbons (Fsp3) is 0.0769. The summed E-state index contributed by atoms with van der Waals surface area (Å²) in [5.74, 6) is -0.554. The lowest BCUT2D eigenvalue weighted by atomic mass is 10.2. The Balaban J connectivity index is 2.15. The number of hydrogen-bond donors (Lipinski definition) is 2. The van der Waals surface area contributed by atoms with E-state index in [1.54, 1.807) is 24.4 Å². The van der Waals surface area contributed by atoms with Crippen LogP contribution in [0.2, 0.25) is 5.02 Å². The van der Waals surface area contributed by atoms with Crippen molar-refractivity contribution in [3.63, 3.8) is 0 Å². The number of halogens is 3.